The zero-order valence-corrected chi connectivity index (χ0v) is 20.8. The lowest BCUT2D eigenvalue weighted by atomic mass is 10.0. The summed E-state index contributed by atoms with van der Waals surface area (Å²) in [4.78, 5) is 17.3. The van der Waals surface area contributed by atoms with Crippen LogP contribution in [-0.2, 0) is 6.54 Å². The first-order valence-corrected chi connectivity index (χ1v) is 12.9. The molecule has 0 aliphatic carbocycles. The van der Waals surface area contributed by atoms with Crippen molar-refractivity contribution in [3.63, 3.8) is 0 Å². The van der Waals surface area contributed by atoms with E-state index >= 15 is 0 Å². The van der Waals surface area contributed by atoms with E-state index in [0.29, 0.717) is 17.1 Å². The molecule has 4 aromatic rings. The molecule has 1 amide bonds. The van der Waals surface area contributed by atoms with E-state index in [1.807, 2.05) is 12.1 Å². The summed E-state index contributed by atoms with van der Waals surface area (Å²) in [6.45, 7) is 3.66. The van der Waals surface area contributed by atoms with Crippen LogP contribution in [-0.4, -0.2) is 27.8 Å². The zero-order chi connectivity index (χ0) is 23.8. The fraction of sp³-hybridized carbons (Fsp3) is 0.214. The van der Waals surface area contributed by atoms with Gasteiger partial charge in [0.25, 0.3) is 5.91 Å². The largest absolute Gasteiger partial charge is 0.352 e. The van der Waals surface area contributed by atoms with Crippen molar-refractivity contribution in [2.75, 3.05) is 12.3 Å². The van der Waals surface area contributed by atoms with Gasteiger partial charge in [-0.1, -0.05) is 84.0 Å². The van der Waals surface area contributed by atoms with Gasteiger partial charge in [0.2, 0.25) is 0 Å². The number of benzene rings is 3. The Hall–Kier alpha value is -3.02. The van der Waals surface area contributed by atoms with Crippen LogP contribution < -0.4 is 5.32 Å². The van der Waals surface area contributed by atoms with E-state index < -0.39 is 0 Å². The minimum Gasteiger partial charge on any atom is -0.352 e. The smallest absolute Gasteiger partial charge is 0.251 e. The van der Waals surface area contributed by atoms with Crippen LogP contribution in [0.3, 0.4) is 0 Å². The number of nitrogens with zero attached hydrogens (tertiary/aromatic N) is 2. The fourth-order valence-electron chi connectivity index (χ4n) is 3.82. The van der Waals surface area contributed by atoms with Crippen LogP contribution >= 0.6 is 23.4 Å². The Bertz CT molecular complexity index is 1210. The third-order valence-electron chi connectivity index (χ3n) is 5.54. The highest BCUT2D eigenvalue weighted by atomic mass is 35.5. The average Bonchev–Trinajstić information content (AvgIpc) is 3.26. The molecule has 0 saturated carbocycles. The normalized spacial score (nSPS) is 10.9. The number of thioether (sulfide) groups is 1. The molecule has 174 valence electrons. The van der Waals surface area contributed by atoms with E-state index in [4.69, 9.17) is 16.6 Å². The summed E-state index contributed by atoms with van der Waals surface area (Å²) in [7, 11) is 0. The van der Waals surface area contributed by atoms with Crippen molar-refractivity contribution >= 4 is 29.3 Å². The van der Waals surface area contributed by atoms with Crippen molar-refractivity contribution < 1.29 is 4.79 Å². The van der Waals surface area contributed by atoms with Crippen LogP contribution in [0.25, 0.3) is 22.5 Å². The first-order chi connectivity index (χ1) is 16.7. The minimum atomic E-state index is -0.0640. The molecule has 0 aliphatic rings. The predicted molar refractivity (Wildman–Crippen MR) is 143 cm³/mol. The van der Waals surface area contributed by atoms with E-state index in [2.05, 4.69) is 65.3 Å². The van der Waals surface area contributed by atoms with E-state index in [0.717, 1.165) is 47.2 Å². The predicted octanol–water partition coefficient (Wildman–Crippen LogP) is 7.19. The van der Waals surface area contributed by atoms with Crippen molar-refractivity contribution in [2.24, 2.45) is 0 Å². The Labute approximate surface area is 210 Å². The highest BCUT2D eigenvalue weighted by Gasteiger charge is 2.19. The number of carbonyl (C=O) groups is 1. The molecule has 0 bridgehead atoms. The van der Waals surface area contributed by atoms with Crippen LogP contribution in [0.1, 0.15) is 30.1 Å². The van der Waals surface area contributed by atoms with Crippen LogP contribution in [0.5, 0.6) is 0 Å². The third-order valence-corrected chi connectivity index (χ3v) is 6.85. The Morgan fingerprint density at radius 1 is 0.912 bits per heavy atom. The molecule has 6 heteroatoms. The maximum absolute atomic E-state index is 12.2. The van der Waals surface area contributed by atoms with Gasteiger partial charge in [-0.3, -0.25) is 4.79 Å². The van der Waals surface area contributed by atoms with Gasteiger partial charge >= 0.3 is 0 Å². The van der Waals surface area contributed by atoms with Gasteiger partial charge in [0.05, 0.1) is 11.4 Å². The molecular formula is C28H28ClN3OS. The summed E-state index contributed by atoms with van der Waals surface area (Å²) >= 11 is 7.67. The number of aromatic nitrogens is 2. The molecule has 4 rings (SSSR count). The molecular weight excluding hydrogens is 462 g/mol. The number of nitrogens with one attached hydrogen (secondary N) is 1. The number of unbranched alkanes of at least 4 members (excludes halogenated alkanes) is 1. The quantitative estimate of drug-likeness (QED) is 0.189. The van der Waals surface area contributed by atoms with Crippen LogP contribution in [0.2, 0.25) is 5.02 Å². The summed E-state index contributed by atoms with van der Waals surface area (Å²) in [5, 5.41) is 4.65. The lowest BCUT2D eigenvalue weighted by molar-refractivity contribution is 0.0953. The molecule has 0 saturated heterocycles. The Morgan fingerprint density at radius 3 is 2.21 bits per heavy atom. The summed E-state index contributed by atoms with van der Waals surface area (Å²) in [5.74, 6) is 0.877. The number of carbonyl (C=O) groups excluding carboxylic acids is 1. The highest BCUT2D eigenvalue weighted by Crippen LogP contribution is 2.36. The SMILES string of the molecule is CCn1c(SCCCCNC(=O)c2ccc(Cl)cc2)nc(-c2ccccc2)c1-c1ccccc1. The lowest BCUT2D eigenvalue weighted by Crippen LogP contribution is -2.24. The van der Waals surface area contributed by atoms with Crippen molar-refractivity contribution in [1.29, 1.82) is 0 Å². The number of imidazole rings is 1. The molecule has 0 atom stereocenters. The standard InChI is InChI=1S/C28H28ClN3OS/c1-2-32-26(22-13-7-4-8-14-22)25(21-11-5-3-6-12-21)31-28(32)34-20-10-9-19-30-27(33)23-15-17-24(29)18-16-23/h3-8,11-18H,2,9-10,19-20H2,1H3,(H,30,33). The molecule has 4 nitrogen and oxygen atoms in total. The second kappa shape index (κ2) is 11.9. The van der Waals surface area contributed by atoms with Crippen molar-refractivity contribution in [3.05, 3.63) is 95.5 Å². The van der Waals surface area contributed by atoms with Crippen molar-refractivity contribution in [3.8, 4) is 22.5 Å². The van der Waals surface area contributed by atoms with E-state index in [1.54, 1.807) is 36.0 Å². The van der Waals surface area contributed by atoms with Gasteiger partial charge in [-0.2, -0.15) is 0 Å². The third kappa shape index (κ3) is 5.91. The van der Waals surface area contributed by atoms with Gasteiger partial charge in [0.15, 0.2) is 5.16 Å². The molecule has 0 aliphatic heterocycles. The van der Waals surface area contributed by atoms with E-state index in [9.17, 15) is 4.79 Å². The first kappa shape index (κ1) is 24.1. The van der Waals surface area contributed by atoms with Gasteiger partial charge in [0.1, 0.15) is 0 Å². The van der Waals surface area contributed by atoms with Crippen LogP contribution in [0.4, 0.5) is 0 Å². The Kier molecular flexibility index (Phi) is 8.45. The number of amides is 1. The van der Waals surface area contributed by atoms with Crippen molar-refractivity contribution in [1.82, 2.24) is 14.9 Å². The first-order valence-electron chi connectivity index (χ1n) is 11.5. The Balaban J connectivity index is 1.40. The second-order valence-electron chi connectivity index (χ2n) is 7.89. The van der Waals surface area contributed by atoms with Gasteiger partial charge in [-0.05, 0) is 44.0 Å². The molecule has 0 radical (unpaired) electrons. The van der Waals surface area contributed by atoms with Gasteiger partial charge < -0.3 is 9.88 Å². The number of halogens is 1. The summed E-state index contributed by atoms with van der Waals surface area (Å²) in [6.07, 6.45) is 1.90. The molecule has 1 aromatic heterocycles. The molecule has 0 unspecified atom stereocenters. The molecule has 0 spiro atoms. The topological polar surface area (TPSA) is 46.9 Å². The molecule has 1 N–H and O–H groups in total. The summed E-state index contributed by atoms with van der Waals surface area (Å²) in [6, 6.07) is 27.8. The van der Waals surface area contributed by atoms with Gasteiger partial charge in [-0.15, -0.1) is 0 Å². The maximum Gasteiger partial charge on any atom is 0.251 e. The monoisotopic (exact) mass is 489 g/mol. The molecule has 0 fully saturated rings. The van der Waals surface area contributed by atoms with Gasteiger partial charge in [-0.25, -0.2) is 4.98 Å². The average molecular weight is 490 g/mol. The highest BCUT2D eigenvalue weighted by molar-refractivity contribution is 7.99. The zero-order valence-electron chi connectivity index (χ0n) is 19.2. The second-order valence-corrected chi connectivity index (χ2v) is 9.38. The maximum atomic E-state index is 12.2. The molecule has 34 heavy (non-hydrogen) atoms. The lowest BCUT2D eigenvalue weighted by Gasteiger charge is -2.11. The number of rotatable bonds is 10. The minimum absolute atomic E-state index is 0.0640. The van der Waals surface area contributed by atoms with E-state index in [1.165, 1.54) is 5.56 Å². The fourth-order valence-corrected chi connectivity index (χ4v) is 5.01. The van der Waals surface area contributed by atoms with Crippen LogP contribution in [0, 0.1) is 0 Å². The van der Waals surface area contributed by atoms with Crippen molar-refractivity contribution in [2.45, 2.75) is 31.5 Å². The Morgan fingerprint density at radius 2 is 1.56 bits per heavy atom. The van der Waals surface area contributed by atoms with E-state index in [-0.39, 0.29) is 5.91 Å². The number of hydrogen-bond donors (Lipinski definition) is 1. The summed E-state index contributed by atoms with van der Waals surface area (Å²) < 4.78 is 2.31. The molecule has 3 aromatic carbocycles. The number of hydrogen-bond acceptors (Lipinski definition) is 3. The van der Waals surface area contributed by atoms with Crippen LogP contribution in [0.15, 0.2) is 90.1 Å². The van der Waals surface area contributed by atoms with Gasteiger partial charge in [0, 0.05) is 40.6 Å². The molecule has 1 heterocycles. The summed E-state index contributed by atoms with van der Waals surface area (Å²) in [5.41, 5.74) is 5.11.